The first-order valence-electron chi connectivity index (χ1n) is 8.96. The largest absolute Gasteiger partial charge is 0.394 e. The lowest BCUT2D eigenvalue weighted by molar-refractivity contribution is -0.130. The predicted octanol–water partition coefficient (Wildman–Crippen LogP) is 0.335. The van der Waals surface area contributed by atoms with Crippen molar-refractivity contribution in [3.05, 3.63) is 29.8 Å². The summed E-state index contributed by atoms with van der Waals surface area (Å²) in [5, 5.41) is 12.3. The molecule has 2 rings (SSSR count). The molecule has 0 aromatic heterocycles. The number of rotatable bonds is 9. The van der Waals surface area contributed by atoms with Gasteiger partial charge in [0, 0.05) is 13.7 Å². The second kappa shape index (κ2) is 10.1. The van der Waals surface area contributed by atoms with Gasteiger partial charge in [-0.05, 0) is 31.9 Å². The number of aryl methyl sites for hydroxylation is 1. The molecule has 0 unspecified atom stereocenters. The van der Waals surface area contributed by atoms with E-state index in [1.54, 1.807) is 31.4 Å². The molecule has 1 heterocycles. The Balaban J connectivity index is 1.92. The third kappa shape index (κ3) is 6.54. The summed E-state index contributed by atoms with van der Waals surface area (Å²) < 4.78 is 38.4. The molecular weight excluding hydrogens is 372 g/mol. The third-order valence-corrected chi connectivity index (χ3v) is 5.98. The average Bonchev–Trinajstić information content (AvgIpc) is 2.63. The van der Waals surface area contributed by atoms with Crippen LogP contribution in [0.15, 0.2) is 29.2 Å². The van der Waals surface area contributed by atoms with Crippen LogP contribution in [0.25, 0.3) is 0 Å². The Kier molecular flexibility index (Phi) is 8.18. The Bertz CT molecular complexity index is 707. The fourth-order valence-electron chi connectivity index (χ4n) is 2.97. The summed E-state index contributed by atoms with van der Waals surface area (Å²) in [5.74, 6) is -0.160. The highest BCUT2D eigenvalue weighted by atomic mass is 32.2. The van der Waals surface area contributed by atoms with E-state index in [9.17, 15) is 18.3 Å². The molecule has 1 aliphatic heterocycles. The van der Waals surface area contributed by atoms with Crippen LogP contribution in [0.2, 0.25) is 0 Å². The van der Waals surface area contributed by atoms with Crippen molar-refractivity contribution in [3.8, 4) is 0 Å². The van der Waals surface area contributed by atoms with Crippen molar-refractivity contribution in [2.24, 2.45) is 0 Å². The Morgan fingerprint density at radius 1 is 1.30 bits per heavy atom. The Morgan fingerprint density at radius 2 is 2.00 bits per heavy atom. The van der Waals surface area contributed by atoms with Crippen molar-refractivity contribution in [1.29, 1.82) is 0 Å². The summed E-state index contributed by atoms with van der Waals surface area (Å²) in [7, 11) is -2.15. The van der Waals surface area contributed by atoms with Gasteiger partial charge in [0.2, 0.25) is 15.9 Å². The second-order valence-electron chi connectivity index (χ2n) is 6.64. The van der Waals surface area contributed by atoms with E-state index in [1.807, 2.05) is 6.92 Å². The summed E-state index contributed by atoms with van der Waals surface area (Å²) >= 11 is 0. The molecule has 1 aromatic carbocycles. The van der Waals surface area contributed by atoms with E-state index in [-0.39, 0.29) is 29.9 Å². The molecule has 3 atom stereocenters. The number of aliphatic hydroxyl groups excluding tert-OH is 1. The van der Waals surface area contributed by atoms with Crippen molar-refractivity contribution >= 4 is 15.9 Å². The van der Waals surface area contributed by atoms with Gasteiger partial charge < -0.3 is 19.9 Å². The minimum absolute atomic E-state index is 0.160. The monoisotopic (exact) mass is 400 g/mol. The van der Waals surface area contributed by atoms with Crippen LogP contribution < -0.4 is 10.0 Å². The van der Waals surface area contributed by atoms with Crippen LogP contribution in [0.4, 0.5) is 0 Å². The molecule has 0 spiro atoms. The van der Waals surface area contributed by atoms with Gasteiger partial charge in [0.1, 0.15) is 0 Å². The Hall–Kier alpha value is -1.52. The fourth-order valence-corrected chi connectivity index (χ4v) is 4.27. The number of carbonyl (C=O) groups is 1. The van der Waals surface area contributed by atoms with Gasteiger partial charge in [-0.2, -0.15) is 0 Å². The zero-order valence-electron chi connectivity index (χ0n) is 15.7. The van der Waals surface area contributed by atoms with Crippen LogP contribution in [0.5, 0.6) is 0 Å². The minimum Gasteiger partial charge on any atom is -0.394 e. The van der Waals surface area contributed by atoms with Gasteiger partial charge in [0.05, 0.1) is 42.8 Å². The fraction of sp³-hybridized carbons (Fsp3) is 0.611. The molecule has 8 nitrogen and oxygen atoms in total. The molecule has 0 radical (unpaired) electrons. The highest BCUT2D eigenvalue weighted by Gasteiger charge is 2.34. The molecule has 152 valence electrons. The molecule has 0 aliphatic carbocycles. The molecule has 1 aromatic rings. The maximum absolute atomic E-state index is 12.6. The number of sulfonamides is 1. The van der Waals surface area contributed by atoms with Crippen molar-refractivity contribution in [1.82, 2.24) is 10.0 Å². The van der Waals surface area contributed by atoms with E-state index in [0.717, 1.165) is 5.56 Å². The molecule has 3 N–H and O–H groups in total. The maximum Gasteiger partial charge on any atom is 0.240 e. The predicted molar refractivity (Wildman–Crippen MR) is 99.8 cm³/mol. The van der Waals surface area contributed by atoms with Gasteiger partial charge >= 0.3 is 0 Å². The van der Waals surface area contributed by atoms with Gasteiger partial charge in [0.15, 0.2) is 0 Å². The molecule has 1 aliphatic rings. The lowest BCUT2D eigenvalue weighted by atomic mass is 9.98. The number of ether oxygens (including phenoxy) is 2. The molecule has 1 saturated heterocycles. The molecule has 1 amide bonds. The van der Waals surface area contributed by atoms with Crippen LogP contribution in [-0.4, -0.2) is 64.5 Å². The van der Waals surface area contributed by atoms with E-state index in [0.29, 0.717) is 26.0 Å². The number of hydrogen-bond donors (Lipinski definition) is 3. The van der Waals surface area contributed by atoms with E-state index in [2.05, 4.69) is 10.0 Å². The van der Waals surface area contributed by atoms with Crippen LogP contribution in [0.3, 0.4) is 0 Å². The molecule has 0 saturated carbocycles. The topological polar surface area (TPSA) is 114 Å². The zero-order chi connectivity index (χ0) is 19.9. The smallest absolute Gasteiger partial charge is 0.240 e. The molecular formula is C18H28N2O6S. The highest BCUT2D eigenvalue weighted by Crippen LogP contribution is 2.23. The number of aliphatic hydroxyl groups is 1. The van der Waals surface area contributed by atoms with E-state index < -0.39 is 22.2 Å². The van der Waals surface area contributed by atoms with Gasteiger partial charge in [0.25, 0.3) is 0 Å². The van der Waals surface area contributed by atoms with Gasteiger partial charge in [-0.3, -0.25) is 4.79 Å². The number of hydrogen-bond acceptors (Lipinski definition) is 6. The quantitative estimate of drug-likeness (QED) is 0.515. The van der Waals surface area contributed by atoms with Crippen molar-refractivity contribution in [3.63, 3.8) is 0 Å². The second-order valence-corrected chi connectivity index (χ2v) is 8.36. The minimum atomic E-state index is -3.71. The third-order valence-electron chi connectivity index (χ3n) is 4.47. The van der Waals surface area contributed by atoms with Crippen LogP contribution >= 0.6 is 0 Å². The SMILES string of the molecule is COCCNC(=O)C[C@@H]1CC[C@H](NS(=O)(=O)c2ccc(C)cc2)[C@H](CO)O1. The van der Waals surface area contributed by atoms with Gasteiger partial charge in [-0.15, -0.1) is 0 Å². The van der Waals surface area contributed by atoms with Crippen molar-refractivity contribution < 1.29 is 27.8 Å². The van der Waals surface area contributed by atoms with Crippen LogP contribution in [-0.2, 0) is 24.3 Å². The van der Waals surface area contributed by atoms with Gasteiger partial charge in [-0.1, -0.05) is 17.7 Å². The lowest BCUT2D eigenvalue weighted by Crippen LogP contribution is -2.51. The number of nitrogens with one attached hydrogen (secondary N) is 2. The number of benzene rings is 1. The summed E-state index contributed by atoms with van der Waals surface area (Å²) in [6, 6.07) is 6.00. The first-order chi connectivity index (χ1) is 12.9. The average molecular weight is 400 g/mol. The first kappa shape index (κ1) is 21.8. The molecule has 1 fully saturated rings. The Labute approximate surface area is 160 Å². The highest BCUT2D eigenvalue weighted by molar-refractivity contribution is 7.89. The molecule has 27 heavy (non-hydrogen) atoms. The molecule has 0 bridgehead atoms. The normalized spacial score (nSPS) is 23.1. The summed E-state index contributed by atoms with van der Waals surface area (Å²) in [5.41, 5.74) is 0.967. The van der Waals surface area contributed by atoms with Crippen LogP contribution in [0, 0.1) is 6.92 Å². The Morgan fingerprint density at radius 3 is 2.63 bits per heavy atom. The zero-order valence-corrected chi connectivity index (χ0v) is 16.5. The maximum atomic E-state index is 12.6. The van der Waals surface area contributed by atoms with E-state index >= 15 is 0 Å². The first-order valence-corrected chi connectivity index (χ1v) is 10.4. The van der Waals surface area contributed by atoms with Crippen LogP contribution in [0.1, 0.15) is 24.8 Å². The summed E-state index contributed by atoms with van der Waals surface area (Å²) in [4.78, 5) is 12.1. The van der Waals surface area contributed by atoms with Crippen molar-refractivity contribution in [2.45, 2.75) is 49.3 Å². The lowest BCUT2D eigenvalue weighted by Gasteiger charge is -2.35. The van der Waals surface area contributed by atoms with Crippen molar-refractivity contribution in [2.75, 3.05) is 26.9 Å². The van der Waals surface area contributed by atoms with E-state index in [4.69, 9.17) is 9.47 Å². The molecule has 9 heteroatoms. The van der Waals surface area contributed by atoms with E-state index in [1.165, 1.54) is 0 Å². The number of methoxy groups -OCH3 is 1. The standard InChI is InChI=1S/C18H28N2O6S/c1-13-3-6-15(7-4-13)27(23,24)20-16-8-5-14(26-17(16)12-21)11-18(22)19-9-10-25-2/h3-4,6-7,14,16-17,20-21H,5,8-12H2,1-2H3,(H,19,22)/t14-,16-,17-/m0/s1. The number of carbonyl (C=O) groups excluding carboxylic acids is 1. The number of amides is 1. The summed E-state index contributed by atoms with van der Waals surface area (Å²) in [6.07, 6.45) is 0.111. The summed E-state index contributed by atoms with van der Waals surface area (Å²) in [6.45, 7) is 2.40. The van der Waals surface area contributed by atoms with Gasteiger partial charge in [-0.25, -0.2) is 13.1 Å².